The van der Waals surface area contributed by atoms with Gasteiger partial charge in [-0.3, -0.25) is 19.7 Å². The molecule has 7 nitrogen and oxygen atoms in total. The summed E-state index contributed by atoms with van der Waals surface area (Å²) in [5.41, 5.74) is 2.16. The number of rotatable bonds is 7. The highest BCUT2D eigenvalue weighted by Crippen LogP contribution is 2.32. The third-order valence-corrected chi connectivity index (χ3v) is 5.24. The van der Waals surface area contributed by atoms with E-state index in [1.807, 2.05) is 19.9 Å². The minimum atomic E-state index is -0.434. The van der Waals surface area contributed by atoms with Gasteiger partial charge in [-0.15, -0.1) is 0 Å². The van der Waals surface area contributed by atoms with Crippen molar-refractivity contribution in [2.24, 2.45) is 0 Å². The maximum absolute atomic E-state index is 12.2. The van der Waals surface area contributed by atoms with Crippen molar-refractivity contribution in [2.45, 2.75) is 13.8 Å². The second-order valence-electron chi connectivity index (χ2n) is 6.29. The van der Waals surface area contributed by atoms with E-state index < -0.39 is 11.1 Å². The van der Waals surface area contributed by atoms with Crippen molar-refractivity contribution in [3.8, 4) is 11.5 Å². The Balaban J connectivity index is 1.68. The van der Waals surface area contributed by atoms with E-state index >= 15 is 0 Å². The first kappa shape index (κ1) is 21.7. The average Bonchev–Trinajstić information content (AvgIpc) is 3.01. The number of anilines is 1. The summed E-state index contributed by atoms with van der Waals surface area (Å²) in [4.78, 5) is 35.5. The van der Waals surface area contributed by atoms with Gasteiger partial charge in [0, 0.05) is 10.7 Å². The van der Waals surface area contributed by atoms with Crippen molar-refractivity contribution >= 4 is 52.2 Å². The van der Waals surface area contributed by atoms with Crippen LogP contribution in [0.3, 0.4) is 0 Å². The van der Waals surface area contributed by atoms with Crippen LogP contribution in [0.25, 0.3) is 6.08 Å². The lowest BCUT2D eigenvalue weighted by atomic mass is 10.2. The average molecular weight is 447 g/mol. The van der Waals surface area contributed by atoms with Gasteiger partial charge < -0.3 is 14.8 Å². The molecule has 3 amide bonds. The quantitative estimate of drug-likeness (QED) is 0.613. The fraction of sp³-hybridized carbons (Fsp3) is 0.190. The molecule has 2 N–H and O–H groups in total. The molecule has 0 aliphatic carbocycles. The van der Waals surface area contributed by atoms with Crippen LogP contribution in [0.4, 0.5) is 10.5 Å². The lowest BCUT2D eigenvalue weighted by Crippen LogP contribution is -2.20. The zero-order valence-electron chi connectivity index (χ0n) is 16.3. The van der Waals surface area contributed by atoms with Crippen LogP contribution in [0.15, 0.2) is 41.3 Å². The zero-order chi connectivity index (χ0) is 21.7. The normalized spacial score (nSPS) is 14.6. The third-order valence-electron chi connectivity index (χ3n) is 4.02. The summed E-state index contributed by atoms with van der Waals surface area (Å²) in [6.07, 6.45) is 1.59. The molecule has 0 atom stereocenters. The number of halogens is 1. The summed E-state index contributed by atoms with van der Waals surface area (Å²) in [6, 6.07) is 10.3. The molecule has 1 fully saturated rings. The Kier molecular flexibility index (Phi) is 7.02. The molecule has 156 valence electrons. The van der Waals surface area contributed by atoms with Gasteiger partial charge in [0.15, 0.2) is 18.1 Å². The van der Waals surface area contributed by atoms with E-state index in [-0.39, 0.29) is 12.5 Å². The zero-order valence-corrected chi connectivity index (χ0v) is 17.9. The first-order chi connectivity index (χ1) is 14.4. The van der Waals surface area contributed by atoms with E-state index in [0.717, 1.165) is 17.3 Å². The van der Waals surface area contributed by atoms with Crippen LogP contribution < -0.4 is 20.1 Å². The van der Waals surface area contributed by atoms with Gasteiger partial charge in [-0.2, -0.15) is 0 Å². The molecule has 0 radical (unpaired) electrons. The van der Waals surface area contributed by atoms with Crippen LogP contribution in [0.5, 0.6) is 11.5 Å². The van der Waals surface area contributed by atoms with Crippen LogP contribution in [0.1, 0.15) is 18.1 Å². The lowest BCUT2D eigenvalue weighted by molar-refractivity contribution is -0.118. The first-order valence-electron chi connectivity index (χ1n) is 9.06. The van der Waals surface area contributed by atoms with Gasteiger partial charge >= 0.3 is 0 Å². The number of amides is 3. The van der Waals surface area contributed by atoms with Gasteiger partial charge in [0.1, 0.15) is 0 Å². The van der Waals surface area contributed by atoms with Gasteiger partial charge in [-0.05, 0) is 67.1 Å². The largest absolute Gasteiger partial charge is 0.490 e. The predicted molar refractivity (Wildman–Crippen MR) is 117 cm³/mol. The topological polar surface area (TPSA) is 93.7 Å². The highest BCUT2D eigenvalue weighted by Gasteiger charge is 2.25. The van der Waals surface area contributed by atoms with Crippen molar-refractivity contribution in [1.29, 1.82) is 0 Å². The molecule has 0 bridgehead atoms. The summed E-state index contributed by atoms with van der Waals surface area (Å²) >= 11 is 6.91. The fourth-order valence-electron chi connectivity index (χ4n) is 2.59. The van der Waals surface area contributed by atoms with Crippen LogP contribution in [-0.2, 0) is 9.59 Å². The summed E-state index contributed by atoms with van der Waals surface area (Å²) in [7, 11) is 0. The van der Waals surface area contributed by atoms with Crippen LogP contribution in [-0.4, -0.2) is 30.3 Å². The number of hydrogen-bond acceptors (Lipinski definition) is 6. The summed E-state index contributed by atoms with van der Waals surface area (Å²) < 4.78 is 11.2. The molecular weight excluding hydrogens is 428 g/mol. The van der Waals surface area contributed by atoms with E-state index in [1.54, 1.807) is 36.4 Å². The second-order valence-corrected chi connectivity index (χ2v) is 7.71. The van der Waals surface area contributed by atoms with Gasteiger partial charge in [0.05, 0.1) is 11.5 Å². The van der Waals surface area contributed by atoms with Crippen molar-refractivity contribution in [1.82, 2.24) is 5.32 Å². The lowest BCUT2D eigenvalue weighted by Gasteiger charge is -2.13. The molecule has 1 aliphatic rings. The van der Waals surface area contributed by atoms with E-state index in [4.69, 9.17) is 21.1 Å². The number of thioether (sulfide) groups is 1. The summed E-state index contributed by atoms with van der Waals surface area (Å²) in [5, 5.41) is 5.09. The Morgan fingerprint density at radius 3 is 2.63 bits per heavy atom. The minimum absolute atomic E-state index is 0.223. The Bertz CT molecular complexity index is 1040. The number of benzene rings is 2. The molecule has 0 unspecified atom stereocenters. The van der Waals surface area contributed by atoms with Crippen molar-refractivity contribution in [3.05, 3.63) is 57.5 Å². The van der Waals surface area contributed by atoms with E-state index in [1.165, 1.54) is 0 Å². The van der Waals surface area contributed by atoms with E-state index in [9.17, 15) is 14.4 Å². The smallest absolute Gasteiger partial charge is 0.290 e. The molecular formula is C21H19ClN2O5S. The van der Waals surface area contributed by atoms with Crippen LogP contribution in [0.2, 0.25) is 5.02 Å². The number of hydrogen-bond donors (Lipinski definition) is 2. The van der Waals surface area contributed by atoms with Crippen molar-refractivity contribution in [3.63, 3.8) is 0 Å². The molecule has 0 saturated carbocycles. The molecule has 1 aliphatic heterocycles. The number of carbonyl (C=O) groups is 3. The Morgan fingerprint density at radius 2 is 1.97 bits per heavy atom. The van der Waals surface area contributed by atoms with E-state index in [2.05, 4.69) is 10.6 Å². The predicted octanol–water partition coefficient (Wildman–Crippen LogP) is 4.39. The van der Waals surface area contributed by atoms with Crippen molar-refractivity contribution < 1.29 is 23.9 Å². The monoisotopic (exact) mass is 446 g/mol. The number of ether oxygens (including phenoxy) is 2. The molecule has 3 rings (SSSR count). The Labute approximate surface area is 182 Å². The van der Waals surface area contributed by atoms with Gasteiger partial charge in [0.25, 0.3) is 17.1 Å². The molecule has 0 aromatic heterocycles. The third kappa shape index (κ3) is 5.55. The second kappa shape index (κ2) is 9.69. The van der Waals surface area contributed by atoms with E-state index in [0.29, 0.717) is 39.3 Å². The summed E-state index contributed by atoms with van der Waals surface area (Å²) in [5.74, 6) is 0.0284. The molecule has 30 heavy (non-hydrogen) atoms. The SMILES string of the molecule is CCOc1cc(/C=C2\SC(=O)NC2=O)ccc1OCC(=O)Nc1ccc(C)c(Cl)c1. The Hall–Kier alpha value is -2.97. The van der Waals surface area contributed by atoms with Crippen LogP contribution in [0, 0.1) is 6.92 Å². The number of carbonyl (C=O) groups excluding carboxylic acids is 3. The Morgan fingerprint density at radius 1 is 1.17 bits per heavy atom. The highest BCUT2D eigenvalue weighted by molar-refractivity contribution is 8.18. The molecule has 1 heterocycles. The number of aryl methyl sites for hydroxylation is 1. The van der Waals surface area contributed by atoms with Crippen molar-refractivity contribution in [2.75, 3.05) is 18.5 Å². The molecule has 1 saturated heterocycles. The molecule has 2 aromatic carbocycles. The maximum Gasteiger partial charge on any atom is 0.290 e. The van der Waals surface area contributed by atoms with Crippen LogP contribution >= 0.6 is 23.4 Å². The highest BCUT2D eigenvalue weighted by atomic mass is 35.5. The fourth-order valence-corrected chi connectivity index (χ4v) is 3.45. The number of imide groups is 1. The molecule has 0 spiro atoms. The number of nitrogens with one attached hydrogen (secondary N) is 2. The summed E-state index contributed by atoms with van der Waals surface area (Å²) in [6.45, 7) is 3.86. The first-order valence-corrected chi connectivity index (χ1v) is 10.3. The molecule has 2 aromatic rings. The van der Waals surface area contributed by atoms with Gasteiger partial charge in [-0.25, -0.2) is 0 Å². The molecule has 9 heteroatoms. The van der Waals surface area contributed by atoms with Gasteiger partial charge in [0.2, 0.25) is 0 Å². The maximum atomic E-state index is 12.2. The standard InChI is InChI=1S/C21H19ClN2O5S/c1-3-28-17-8-13(9-18-20(26)24-21(27)30-18)5-7-16(17)29-11-19(25)23-14-6-4-12(2)15(22)10-14/h4-10H,3,11H2,1-2H3,(H,23,25)(H,24,26,27)/b18-9-. The van der Waals surface area contributed by atoms with Gasteiger partial charge in [-0.1, -0.05) is 23.7 Å². The minimum Gasteiger partial charge on any atom is -0.490 e.